The predicted octanol–water partition coefficient (Wildman–Crippen LogP) is 2.42. The average molecular weight is 442 g/mol. The Morgan fingerprint density at radius 3 is 2.63 bits per heavy atom. The Bertz CT molecular complexity index is 665. The fraction of sp³-hybridized carbons (Fsp3) is 0.632. The molecular formula is C19H28BrN3O4. The van der Waals surface area contributed by atoms with E-state index in [1.165, 1.54) is 0 Å². The van der Waals surface area contributed by atoms with Crippen LogP contribution in [0.25, 0.3) is 0 Å². The standard InChI is InChI=1S/C19H28BrN3O4/c1-21-19(23-6-8-27-18(12-23)15-5-4-7-26-15)22-11-13-9-16(24-2)17(25-3)10-14(13)20/h9-10,15,18H,4-8,11-12H2,1-3H3,(H,21,22). The van der Waals surface area contributed by atoms with Crippen LogP contribution in [0.1, 0.15) is 18.4 Å². The largest absolute Gasteiger partial charge is 0.493 e. The molecule has 27 heavy (non-hydrogen) atoms. The second-order valence-corrected chi connectivity index (χ2v) is 7.46. The van der Waals surface area contributed by atoms with E-state index in [2.05, 4.69) is 31.1 Å². The molecule has 2 atom stereocenters. The summed E-state index contributed by atoms with van der Waals surface area (Å²) in [5.74, 6) is 2.27. The molecule has 0 bridgehead atoms. The molecule has 1 N–H and O–H groups in total. The Balaban J connectivity index is 1.63. The lowest BCUT2D eigenvalue weighted by Crippen LogP contribution is -2.53. The minimum atomic E-state index is 0.104. The molecule has 1 aromatic rings. The molecule has 0 saturated carbocycles. The number of benzene rings is 1. The molecule has 1 aromatic carbocycles. The van der Waals surface area contributed by atoms with Gasteiger partial charge in [-0.25, -0.2) is 0 Å². The molecule has 0 aliphatic carbocycles. The van der Waals surface area contributed by atoms with E-state index in [1.807, 2.05) is 19.2 Å². The Morgan fingerprint density at radius 2 is 1.96 bits per heavy atom. The molecule has 0 spiro atoms. The maximum absolute atomic E-state index is 5.94. The molecule has 3 rings (SSSR count). The fourth-order valence-electron chi connectivity index (χ4n) is 3.53. The monoisotopic (exact) mass is 441 g/mol. The first-order valence-electron chi connectivity index (χ1n) is 9.25. The molecule has 0 amide bonds. The number of rotatable bonds is 5. The van der Waals surface area contributed by atoms with Crippen molar-refractivity contribution < 1.29 is 18.9 Å². The zero-order chi connectivity index (χ0) is 19.2. The van der Waals surface area contributed by atoms with Crippen LogP contribution in [0.15, 0.2) is 21.6 Å². The first-order valence-corrected chi connectivity index (χ1v) is 10.0. The second kappa shape index (κ2) is 9.61. The minimum Gasteiger partial charge on any atom is -0.493 e. The zero-order valence-electron chi connectivity index (χ0n) is 16.2. The van der Waals surface area contributed by atoms with Crippen molar-refractivity contribution in [1.82, 2.24) is 10.2 Å². The van der Waals surface area contributed by atoms with E-state index in [-0.39, 0.29) is 12.2 Å². The second-order valence-electron chi connectivity index (χ2n) is 6.61. The quantitative estimate of drug-likeness (QED) is 0.558. The molecule has 2 unspecified atom stereocenters. The lowest BCUT2D eigenvalue weighted by Gasteiger charge is -2.37. The SMILES string of the molecule is CN=C(NCc1cc(OC)c(OC)cc1Br)N1CCOC(C2CCCO2)C1. The summed E-state index contributed by atoms with van der Waals surface area (Å²) in [4.78, 5) is 6.70. The molecular weight excluding hydrogens is 414 g/mol. The van der Waals surface area contributed by atoms with Gasteiger partial charge in [0.1, 0.15) is 6.10 Å². The molecule has 7 nitrogen and oxygen atoms in total. The summed E-state index contributed by atoms with van der Waals surface area (Å²) in [6.07, 6.45) is 2.49. The van der Waals surface area contributed by atoms with E-state index >= 15 is 0 Å². The number of ether oxygens (including phenoxy) is 4. The van der Waals surface area contributed by atoms with Crippen LogP contribution >= 0.6 is 15.9 Å². The fourth-order valence-corrected chi connectivity index (χ4v) is 3.99. The first kappa shape index (κ1) is 20.2. The van der Waals surface area contributed by atoms with Gasteiger partial charge in [-0.3, -0.25) is 4.99 Å². The smallest absolute Gasteiger partial charge is 0.194 e. The highest BCUT2D eigenvalue weighted by atomic mass is 79.9. The Morgan fingerprint density at radius 1 is 1.22 bits per heavy atom. The van der Waals surface area contributed by atoms with E-state index in [1.54, 1.807) is 14.2 Å². The summed E-state index contributed by atoms with van der Waals surface area (Å²) in [6, 6.07) is 3.89. The first-order chi connectivity index (χ1) is 13.2. The Hall–Kier alpha value is -1.51. The van der Waals surface area contributed by atoms with Gasteiger partial charge in [0.05, 0.1) is 26.9 Å². The highest BCUT2D eigenvalue weighted by Gasteiger charge is 2.32. The van der Waals surface area contributed by atoms with Crippen LogP contribution in [-0.4, -0.2) is 70.6 Å². The van der Waals surface area contributed by atoms with Gasteiger partial charge >= 0.3 is 0 Å². The number of nitrogens with one attached hydrogen (secondary N) is 1. The van der Waals surface area contributed by atoms with E-state index in [0.29, 0.717) is 24.7 Å². The van der Waals surface area contributed by atoms with E-state index < -0.39 is 0 Å². The summed E-state index contributed by atoms with van der Waals surface area (Å²) >= 11 is 3.61. The normalized spacial score (nSPS) is 23.4. The highest BCUT2D eigenvalue weighted by molar-refractivity contribution is 9.10. The van der Waals surface area contributed by atoms with Crippen LogP contribution in [0.2, 0.25) is 0 Å². The van der Waals surface area contributed by atoms with Gasteiger partial charge in [-0.15, -0.1) is 0 Å². The third kappa shape index (κ3) is 4.86. The van der Waals surface area contributed by atoms with Crippen molar-refractivity contribution in [3.05, 3.63) is 22.2 Å². The van der Waals surface area contributed by atoms with Crippen LogP contribution in [0.5, 0.6) is 11.5 Å². The van der Waals surface area contributed by atoms with Crippen molar-refractivity contribution in [2.24, 2.45) is 4.99 Å². The summed E-state index contributed by atoms with van der Waals surface area (Å²) in [5, 5.41) is 3.45. The molecule has 0 aromatic heterocycles. The summed E-state index contributed by atoms with van der Waals surface area (Å²) in [6.45, 7) is 3.75. The molecule has 2 aliphatic rings. The van der Waals surface area contributed by atoms with Crippen molar-refractivity contribution in [2.45, 2.75) is 31.6 Å². The maximum Gasteiger partial charge on any atom is 0.194 e. The lowest BCUT2D eigenvalue weighted by atomic mass is 10.1. The van der Waals surface area contributed by atoms with Crippen LogP contribution < -0.4 is 14.8 Å². The Kier molecular flexibility index (Phi) is 7.20. The number of aliphatic imine (C=N–C) groups is 1. The number of morpholine rings is 1. The molecule has 2 aliphatic heterocycles. The van der Waals surface area contributed by atoms with Gasteiger partial charge in [-0.05, 0) is 30.5 Å². The average Bonchev–Trinajstić information content (AvgIpc) is 3.24. The van der Waals surface area contributed by atoms with Crippen molar-refractivity contribution in [3.63, 3.8) is 0 Å². The third-order valence-corrected chi connectivity index (χ3v) is 5.71. The molecule has 2 fully saturated rings. The van der Waals surface area contributed by atoms with Crippen molar-refractivity contribution >= 4 is 21.9 Å². The van der Waals surface area contributed by atoms with E-state index in [4.69, 9.17) is 18.9 Å². The Labute approximate surface area is 169 Å². The lowest BCUT2D eigenvalue weighted by molar-refractivity contribution is -0.0817. The van der Waals surface area contributed by atoms with Gasteiger partial charge in [-0.1, -0.05) is 15.9 Å². The summed E-state index contributed by atoms with van der Waals surface area (Å²) in [7, 11) is 5.08. The van der Waals surface area contributed by atoms with E-state index in [9.17, 15) is 0 Å². The number of hydrogen-bond acceptors (Lipinski definition) is 5. The third-order valence-electron chi connectivity index (χ3n) is 4.97. The number of methoxy groups -OCH3 is 2. The topological polar surface area (TPSA) is 64.6 Å². The predicted molar refractivity (Wildman–Crippen MR) is 108 cm³/mol. The molecule has 2 heterocycles. The summed E-state index contributed by atoms with van der Waals surface area (Å²) < 4.78 is 23.4. The maximum atomic E-state index is 5.94. The van der Waals surface area contributed by atoms with Gasteiger partial charge in [0, 0.05) is 37.8 Å². The van der Waals surface area contributed by atoms with Crippen LogP contribution in [-0.2, 0) is 16.0 Å². The zero-order valence-corrected chi connectivity index (χ0v) is 17.8. The van der Waals surface area contributed by atoms with Gasteiger partial charge in [0.2, 0.25) is 0 Å². The highest BCUT2D eigenvalue weighted by Crippen LogP contribution is 2.33. The molecule has 2 saturated heterocycles. The summed E-state index contributed by atoms with van der Waals surface area (Å²) in [5.41, 5.74) is 1.07. The van der Waals surface area contributed by atoms with Crippen LogP contribution in [0.4, 0.5) is 0 Å². The van der Waals surface area contributed by atoms with E-state index in [0.717, 1.165) is 48.5 Å². The number of nitrogens with zero attached hydrogens (tertiary/aromatic N) is 2. The van der Waals surface area contributed by atoms with Gasteiger partial charge in [-0.2, -0.15) is 0 Å². The van der Waals surface area contributed by atoms with Gasteiger partial charge in [0.15, 0.2) is 17.5 Å². The number of hydrogen-bond donors (Lipinski definition) is 1. The molecule has 150 valence electrons. The number of guanidine groups is 1. The van der Waals surface area contributed by atoms with Gasteiger partial charge in [0.25, 0.3) is 0 Å². The van der Waals surface area contributed by atoms with Crippen LogP contribution in [0, 0.1) is 0 Å². The molecule has 0 radical (unpaired) electrons. The van der Waals surface area contributed by atoms with Crippen molar-refractivity contribution in [1.29, 1.82) is 0 Å². The van der Waals surface area contributed by atoms with Crippen molar-refractivity contribution in [2.75, 3.05) is 47.6 Å². The van der Waals surface area contributed by atoms with Crippen LogP contribution in [0.3, 0.4) is 0 Å². The van der Waals surface area contributed by atoms with Gasteiger partial charge < -0.3 is 29.2 Å². The number of halogens is 1. The molecule has 8 heteroatoms. The minimum absolute atomic E-state index is 0.104. The van der Waals surface area contributed by atoms with Crippen molar-refractivity contribution in [3.8, 4) is 11.5 Å².